The summed E-state index contributed by atoms with van der Waals surface area (Å²) in [6.45, 7) is 4.88. The first-order chi connectivity index (χ1) is 14.1. The number of likely N-dealkylation sites (N-methyl/N-ethyl adjacent to an activating group) is 1. The van der Waals surface area contributed by atoms with Crippen molar-refractivity contribution < 1.29 is 18.6 Å². The number of carbonyl (C=O) groups excluding carboxylic acids is 2. The van der Waals surface area contributed by atoms with Gasteiger partial charge in [-0.05, 0) is 18.6 Å². The second-order valence-electron chi connectivity index (χ2n) is 7.97. The summed E-state index contributed by atoms with van der Waals surface area (Å²) in [7, 11) is 1.72. The molecule has 29 heavy (non-hydrogen) atoms. The van der Waals surface area contributed by atoms with Gasteiger partial charge >= 0.3 is 12.0 Å². The Morgan fingerprint density at radius 3 is 2.83 bits per heavy atom. The normalized spacial score (nSPS) is 21.7. The third kappa shape index (κ3) is 3.68. The zero-order valence-corrected chi connectivity index (χ0v) is 17.3. The Hall–Kier alpha value is -2.64. The van der Waals surface area contributed by atoms with Crippen LogP contribution in [0.3, 0.4) is 0 Å². The van der Waals surface area contributed by atoms with Crippen molar-refractivity contribution >= 4 is 23.7 Å². The minimum Gasteiger partial charge on any atom is -0.466 e. The molecule has 156 valence electrons. The molecule has 0 radical (unpaired) electrons. The van der Waals surface area contributed by atoms with E-state index >= 15 is 0 Å². The van der Waals surface area contributed by atoms with Crippen molar-refractivity contribution in [1.82, 2.24) is 14.7 Å². The van der Waals surface area contributed by atoms with Gasteiger partial charge < -0.3 is 4.42 Å². The molecule has 1 unspecified atom stereocenters. The number of fused-ring (bicyclic) bond motifs is 3. The van der Waals surface area contributed by atoms with Gasteiger partial charge in [0.05, 0.1) is 19.4 Å². The molecule has 4 rings (SSSR count). The van der Waals surface area contributed by atoms with Gasteiger partial charge in [0, 0.05) is 20.0 Å². The van der Waals surface area contributed by atoms with Gasteiger partial charge in [-0.15, -0.1) is 0 Å². The molecule has 3 amide bonds. The number of carbonyl (C=O) groups is 2. The van der Waals surface area contributed by atoms with Gasteiger partial charge in [0.25, 0.3) is 5.91 Å². The summed E-state index contributed by atoms with van der Waals surface area (Å²) in [5, 5.41) is 0. The number of hydrogen-bond acceptors (Lipinski definition) is 5. The van der Waals surface area contributed by atoms with Crippen LogP contribution in [-0.4, -0.2) is 75.7 Å². The van der Waals surface area contributed by atoms with E-state index in [0.29, 0.717) is 18.9 Å². The molecule has 1 fully saturated rings. The summed E-state index contributed by atoms with van der Waals surface area (Å²) in [6, 6.07) is 3.05. The van der Waals surface area contributed by atoms with Crippen molar-refractivity contribution in [3.8, 4) is 0 Å². The fraction of sp³-hybridized carbons (Fsp3) is 0.619. The number of aliphatic imine (C=N–C) groups is 1. The topological polar surface area (TPSA) is 72.4 Å². The Labute approximate surface area is 171 Å². The van der Waals surface area contributed by atoms with Crippen molar-refractivity contribution in [1.29, 1.82) is 0 Å². The van der Waals surface area contributed by atoms with Gasteiger partial charge in [0.15, 0.2) is 0 Å². The van der Waals surface area contributed by atoms with E-state index in [9.17, 15) is 9.59 Å². The maximum absolute atomic E-state index is 13.3. The monoisotopic (exact) mass is 400 g/mol. The van der Waals surface area contributed by atoms with Crippen molar-refractivity contribution in [3.63, 3.8) is 0 Å². The summed E-state index contributed by atoms with van der Waals surface area (Å²) in [5.41, 5.74) is 0. The van der Waals surface area contributed by atoms with Gasteiger partial charge in [0.2, 0.25) is 11.9 Å². The van der Waals surface area contributed by atoms with E-state index in [1.54, 1.807) is 18.2 Å². The molecule has 1 saturated heterocycles. The summed E-state index contributed by atoms with van der Waals surface area (Å²) < 4.78 is 7.62. The average Bonchev–Trinajstić information content (AvgIpc) is 3.36. The minimum absolute atomic E-state index is 0.141. The molecule has 0 N–H and O–H groups in total. The lowest BCUT2D eigenvalue weighted by molar-refractivity contribution is -0.556. The standard InChI is InChI=1S/C21H30N5O3/c1-3-4-5-6-7-12-26-19(27)17-18(23(2)21(26)28)22-20-24(11-9-13-25(17)20)15-16-10-8-14-29-16/h8,10,14,17H,3-7,9,11-13,15H2,1-2H3/q+1. The van der Waals surface area contributed by atoms with E-state index in [0.717, 1.165) is 50.5 Å². The lowest BCUT2D eigenvalue weighted by Gasteiger charge is -2.35. The van der Waals surface area contributed by atoms with Gasteiger partial charge in [-0.2, -0.15) is 0 Å². The molecule has 0 aromatic carbocycles. The Bertz CT molecular complexity index is 829. The number of nitrogens with zero attached hydrogens (tertiary/aromatic N) is 5. The fourth-order valence-electron chi connectivity index (χ4n) is 4.34. The number of urea groups is 1. The molecule has 3 aliphatic rings. The van der Waals surface area contributed by atoms with E-state index in [2.05, 4.69) is 16.4 Å². The summed E-state index contributed by atoms with van der Waals surface area (Å²) in [6.07, 6.45) is 8.00. The first-order valence-electron chi connectivity index (χ1n) is 10.7. The number of guanidine groups is 1. The molecule has 1 aromatic heterocycles. The predicted molar refractivity (Wildman–Crippen MR) is 109 cm³/mol. The third-order valence-electron chi connectivity index (χ3n) is 5.91. The Kier molecular flexibility index (Phi) is 5.69. The Balaban J connectivity index is 1.54. The number of imide groups is 1. The van der Waals surface area contributed by atoms with Crippen LogP contribution >= 0.6 is 0 Å². The molecule has 1 aromatic rings. The van der Waals surface area contributed by atoms with Crippen LogP contribution in [0.1, 0.15) is 51.2 Å². The van der Waals surface area contributed by atoms with Gasteiger partial charge in [-0.25, -0.2) is 9.69 Å². The summed E-state index contributed by atoms with van der Waals surface area (Å²) >= 11 is 0. The third-order valence-corrected chi connectivity index (χ3v) is 5.91. The maximum Gasteiger partial charge on any atom is 0.392 e. The lowest BCUT2D eigenvalue weighted by Crippen LogP contribution is -2.64. The van der Waals surface area contributed by atoms with E-state index in [1.807, 2.05) is 12.1 Å². The number of furan rings is 1. The SMILES string of the molecule is CCCCCCCN1C(=O)C2C(=NC3=[N+](Cc4ccco4)CCCN32)N(C)C1=O. The molecule has 0 spiro atoms. The van der Waals surface area contributed by atoms with E-state index in [-0.39, 0.29) is 11.9 Å². The Morgan fingerprint density at radius 1 is 1.24 bits per heavy atom. The van der Waals surface area contributed by atoms with Crippen LogP contribution in [0.25, 0.3) is 0 Å². The van der Waals surface area contributed by atoms with E-state index in [4.69, 9.17) is 9.41 Å². The number of rotatable bonds is 8. The van der Waals surface area contributed by atoms with E-state index in [1.165, 1.54) is 17.7 Å². The molecule has 8 heteroatoms. The van der Waals surface area contributed by atoms with Crippen LogP contribution in [0.5, 0.6) is 0 Å². The number of amidine groups is 1. The lowest BCUT2D eigenvalue weighted by atomic mass is 10.1. The fourth-order valence-corrected chi connectivity index (χ4v) is 4.34. The first kappa shape index (κ1) is 19.7. The highest BCUT2D eigenvalue weighted by atomic mass is 16.3. The molecule has 8 nitrogen and oxygen atoms in total. The molecule has 3 aliphatic heterocycles. The number of hydrogen-bond donors (Lipinski definition) is 0. The van der Waals surface area contributed by atoms with Crippen LogP contribution in [0.2, 0.25) is 0 Å². The molecule has 0 saturated carbocycles. The van der Waals surface area contributed by atoms with Crippen molar-refractivity contribution in [3.05, 3.63) is 24.2 Å². The quantitative estimate of drug-likeness (QED) is 0.496. The van der Waals surface area contributed by atoms with E-state index < -0.39 is 6.04 Å². The van der Waals surface area contributed by atoms with Crippen LogP contribution < -0.4 is 0 Å². The molecule has 0 aliphatic carbocycles. The summed E-state index contributed by atoms with van der Waals surface area (Å²) in [5.74, 6) is 2.03. The van der Waals surface area contributed by atoms with Crippen LogP contribution in [0.4, 0.5) is 4.79 Å². The van der Waals surface area contributed by atoms with Crippen LogP contribution in [-0.2, 0) is 11.3 Å². The molecule has 0 bridgehead atoms. The highest BCUT2D eigenvalue weighted by Gasteiger charge is 2.56. The minimum atomic E-state index is -0.497. The van der Waals surface area contributed by atoms with Gasteiger partial charge in [-0.3, -0.25) is 19.2 Å². The molecule has 1 atom stereocenters. The molecular formula is C21H30N5O3+. The maximum atomic E-state index is 13.3. The summed E-state index contributed by atoms with van der Waals surface area (Å²) in [4.78, 5) is 35.9. The zero-order chi connectivity index (χ0) is 20.4. The first-order valence-corrected chi connectivity index (χ1v) is 10.7. The smallest absolute Gasteiger partial charge is 0.392 e. The second-order valence-corrected chi connectivity index (χ2v) is 7.97. The Morgan fingerprint density at radius 2 is 2.07 bits per heavy atom. The predicted octanol–water partition coefficient (Wildman–Crippen LogP) is 2.50. The average molecular weight is 401 g/mol. The van der Waals surface area contributed by atoms with Crippen molar-refractivity contribution in [2.45, 2.75) is 58.0 Å². The van der Waals surface area contributed by atoms with Crippen LogP contribution in [0, 0.1) is 0 Å². The van der Waals surface area contributed by atoms with Crippen molar-refractivity contribution in [2.75, 3.05) is 26.7 Å². The largest absolute Gasteiger partial charge is 0.466 e. The highest BCUT2D eigenvalue weighted by molar-refractivity contribution is 6.25. The number of unbranched alkanes of at least 4 members (excludes halogenated alkanes) is 4. The van der Waals surface area contributed by atoms with Gasteiger partial charge in [-0.1, -0.05) is 37.6 Å². The zero-order valence-electron chi connectivity index (χ0n) is 17.3. The second kappa shape index (κ2) is 8.39. The van der Waals surface area contributed by atoms with Crippen molar-refractivity contribution in [2.24, 2.45) is 4.99 Å². The van der Waals surface area contributed by atoms with Crippen LogP contribution in [0.15, 0.2) is 27.8 Å². The highest BCUT2D eigenvalue weighted by Crippen LogP contribution is 2.26. The number of amides is 3. The van der Waals surface area contributed by atoms with Gasteiger partial charge in [0.1, 0.15) is 12.3 Å². The molecule has 4 heterocycles. The molecular weight excluding hydrogens is 370 g/mol.